The second kappa shape index (κ2) is 4.06. The van der Waals surface area contributed by atoms with Crippen LogP contribution in [0.5, 0.6) is 0 Å². The van der Waals surface area contributed by atoms with E-state index in [1.807, 2.05) is 39.0 Å². The van der Waals surface area contributed by atoms with E-state index < -0.39 is 0 Å². The van der Waals surface area contributed by atoms with Crippen LogP contribution in [0.4, 0.5) is 0 Å². The number of fused-ring (bicyclic) bond motifs is 1. The van der Waals surface area contributed by atoms with E-state index in [4.69, 9.17) is 0 Å². The third kappa shape index (κ3) is 1.80. The van der Waals surface area contributed by atoms with Crippen LogP contribution in [0.1, 0.15) is 29.9 Å². The Bertz CT molecular complexity index is 554. The van der Waals surface area contributed by atoms with Crippen molar-refractivity contribution in [2.24, 2.45) is 5.92 Å². The zero-order chi connectivity index (χ0) is 11.9. The molecular formula is C13H14BrNO. The Hall–Kier alpha value is -1.09. The molecule has 0 saturated carbocycles. The lowest BCUT2D eigenvalue weighted by atomic mass is 9.98. The number of aromatic nitrogens is 1. The fourth-order valence-corrected chi connectivity index (χ4v) is 2.27. The topological polar surface area (TPSA) is 32.9 Å². The van der Waals surface area contributed by atoms with E-state index in [1.165, 1.54) is 0 Å². The summed E-state index contributed by atoms with van der Waals surface area (Å²) in [6.45, 7) is 5.81. The van der Waals surface area contributed by atoms with Crippen LogP contribution in [0.25, 0.3) is 10.9 Å². The molecule has 84 valence electrons. The average molecular weight is 280 g/mol. The third-order valence-corrected chi connectivity index (χ3v) is 3.21. The van der Waals surface area contributed by atoms with E-state index in [0.717, 1.165) is 26.6 Å². The maximum Gasteiger partial charge on any atom is 0.167 e. The number of carbonyl (C=O) groups excluding carboxylic acids is 1. The highest BCUT2D eigenvalue weighted by molar-refractivity contribution is 9.10. The number of nitrogens with one attached hydrogen (secondary N) is 1. The molecule has 2 nitrogen and oxygen atoms in total. The lowest BCUT2D eigenvalue weighted by molar-refractivity contribution is 0.0940. The van der Waals surface area contributed by atoms with Crippen molar-refractivity contribution >= 4 is 32.6 Å². The predicted molar refractivity (Wildman–Crippen MR) is 69.9 cm³/mol. The van der Waals surface area contributed by atoms with Crippen LogP contribution >= 0.6 is 15.9 Å². The van der Waals surface area contributed by atoms with Crippen LogP contribution < -0.4 is 0 Å². The Morgan fingerprint density at radius 2 is 2.06 bits per heavy atom. The van der Waals surface area contributed by atoms with Gasteiger partial charge in [0.15, 0.2) is 5.78 Å². The first-order valence-electron chi connectivity index (χ1n) is 5.32. The number of carbonyl (C=O) groups is 1. The van der Waals surface area contributed by atoms with Gasteiger partial charge in [0.1, 0.15) is 0 Å². The van der Waals surface area contributed by atoms with Crippen LogP contribution in [0, 0.1) is 12.8 Å². The lowest BCUT2D eigenvalue weighted by Gasteiger charge is -2.04. The van der Waals surface area contributed by atoms with Gasteiger partial charge in [-0.3, -0.25) is 4.79 Å². The SMILES string of the molecule is Cc1[nH]c2ccc(Br)cc2c1C(=O)C(C)C. The molecule has 0 amide bonds. The van der Waals surface area contributed by atoms with E-state index in [0.29, 0.717) is 0 Å². The van der Waals surface area contributed by atoms with Crippen molar-refractivity contribution < 1.29 is 4.79 Å². The van der Waals surface area contributed by atoms with Gasteiger partial charge in [-0.05, 0) is 25.1 Å². The first kappa shape index (κ1) is 11.4. The number of aromatic amines is 1. The molecule has 0 aliphatic heterocycles. The molecule has 0 saturated heterocycles. The van der Waals surface area contributed by atoms with Gasteiger partial charge in [-0.1, -0.05) is 29.8 Å². The van der Waals surface area contributed by atoms with Gasteiger partial charge in [-0.25, -0.2) is 0 Å². The molecule has 0 spiro atoms. The monoisotopic (exact) mass is 279 g/mol. The minimum atomic E-state index is 0.0247. The van der Waals surface area contributed by atoms with Crippen molar-refractivity contribution in [3.8, 4) is 0 Å². The molecule has 0 fully saturated rings. The zero-order valence-electron chi connectivity index (χ0n) is 9.60. The maximum absolute atomic E-state index is 12.1. The number of hydrogen-bond donors (Lipinski definition) is 1. The number of halogens is 1. The minimum Gasteiger partial charge on any atom is -0.358 e. The maximum atomic E-state index is 12.1. The highest BCUT2D eigenvalue weighted by Crippen LogP contribution is 2.27. The number of rotatable bonds is 2. The van der Waals surface area contributed by atoms with Gasteiger partial charge in [0.25, 0.3) is 0 Å². The van der Waals surface area contributed by atoms with E-state index in [1.54, 1.807) is 0 Å². The molecule has 2 rings (SSSR count). The van der Waals surface area contributed by atoms with Gasteiger partial charge in [0.05, 0.1) is 0 Å². The lowest BCUT2D eigenvalue weighted by Crippen LogP contribution is -2.08. The van der Waals surface area contributed by atoms with Crippen molar-refractivity contribution in [2.45, 2.75) is 20.8 Å². The molecule has 1 aromatic carbocycles. The van der Waals surface area contributed by atoms with E-state index in [-0.39, 0.29) is 11.7 Å². The van der Waals surface area contributed by atoms with E-state index >= 15 is 0 Å². The summed E-state index contributed by atoms with van der Waals surface area (Å²) in [5, 5.41) is 1.01. The number of hydrogen-bond acceptors (Lipinski definition) is 1. The van der Waals surface area contributed by atoms with Crippen molar-refractivity contribution in [3.63, 3.8) is 0 Å². The van der Waals surface area contributed by atoms with Crippen molar-refractivity contribution in [3.05, 3.63) is 33.9 Å². The van der Waals surface area contributed by atoms with Gasteiger partial charge in [-0.2, -0.15) is 0 Å². The predicted octanol–water partition coefficient (Wildman–Crippen LogP) is 4.08. The zero-order valence-corrected chi connectivity index (χ0v) is 11.2. The molecule has 0 radical (unpaired) electrons. The molecule has 2 aromatic rings. The van der Waals surface area contributed by atoms with Gasteiger partial charge in [0.2, 0.25) is 0 Å². The summed E-state index contributed by atoms with van der Waals surface area (Å²) in [7, 11) is 0. The third-order valence-electron chi connectivity index (χ3n) is 2.72. The second-order valence-electron chi connectivity index (χ2n) is 4.33. The van der Waals surface area contributed by atoms with Crippen molar-refractivity contribution in [1.29, 1.82) is 0 Å². The van der Waals surface area contributed by atoms with Crippen LogP contribution in [-0.2, 0) is 0 Å². The molecule has 0 atom stereocenters. The first-order chi connectivity index (χ1) is 7.50. The highest BCUT2D eigenvalue weighted by Gasteiger charge is 2.18. The van der Waals surface area contributed by atoms with Crippen molar-refractivity contribution in [2.75, 3.05) is 0 Å². The molecule has 0 aliphatic carbocycles. The second-order valence-corrected chi connectivity index (χ2v) is 5.25. The molecule has 3 heteroatoms. The van der Waals surface area contributed by atoms with Gasteiger partial charge in [0, 0.05) is 32.6 Å². The number of aryl methyl sites for hydroxylation is 1. The largest absolute Gasteiger partial charge is 0.358 e. The number of ketones is 1. The first-order valence-corrected chi connectivity index (χ1v) is 6.12. The smallest absolute Gasteiger partial charge is 0.167 e. The molecule has 0 aliphatic rings. The summed E-state index contributed by atoms with van der Waals surface area (Å²) < 4.78 is 0.997. The summed E-state index contributed by atoms with van der Waals surface area (Å²) in [5.74, 6) is 0.221. The summed E-state index contributed by atoms with van der Waals surface area (Å²) in [6.07, 6.45) is 0. The fraction of sp³-hybridized carbons (Fsp3) is 0.308. The van der Waals surface area contributed by atoms with Gasteiger partial charge in [-0.15, -0.1) is 0 Å². The summed E-state index contributed by atoms with van der Waals surface area (Å²) >= 11 is 3.44. The molecular weight excluding hydrogens is 266 g/mol. The normalized spacial score (nSPS) is 11.3. The molecule has 1 heterocycles. The Labute approximate surface area is 103 Å². The number of benzene rings is 1. The fourth-order valence-electron chi connectivity index (χ4n) is 1.91. The highest BCUT2D eigenvalue weighted by atomic mass is 79.9. The van der Waals surface area contributed by atoms with Crippen LogP contribution in [0.2, 0.25) is 0 Å². The van der Waals surface area contributed by atoms with Gasteiger partial charge >= 0.3 is 0 Å². The Kier molecular flexibility index (Phi) is 2.89. The van der Waals surface area contributed by atoms with E-state index in [2.05, 4.69) is 20.9 Å². The molecule has 1 aromatic heterocycles. The van der Waals surface area contributed by atoms with Gasteiger partial charge < -0.3 is 4.98 Å². The average Bonchev–Trinajstić information content (AvgIpc) is 2.52. The Balaban J connectivity index is 2.72. The Morgan fingerprint density at radius 3 is 2.69 bits per heavy atom. The summed E-state index contributed by atoms with van der Waals surface area (Å²) in [4.78, 5) is 15.4. The standard InChI is InChI=1S/C13H14BrNO/c1-7(2)13(16)12-8(3)15-11-5-4-9(14)6-10(11)12/h4-7,15H,1-3H3. The molecule has 0 unspecified atom stereocenters. The van der Waals surface area contributed by atoms with Crippen LogP contribution in [-0.4, -0.2) is 10.8 Å². The number of Topliss-reactive ketones (excluding diaryl/α,β-unsaturated/α-hetero) is 1. The molecule has 16 heavy (non-hydrogen) atoms. The van der Waals surface area contributed by atoms with Crippen LogP contribution in [0.15, 0.2) is 22.7 Å². The molecule has 1 N–H and O–H groups in total. The van der Waals surface area contributed by atoms with Crippen molar-refractivity contribution in [1.82, 2.24) is 4.98 Å². The number of H-pyrrole nitrogens is 1. The quantitative estimate of drug-likeness (QED) is 0.826. The Morgan fingerprint density at radius 1 is 1.38 bits per heavy atom. The van der Waals surface area contributed by atoms with E-state index in [9.17, 15) is 4.79 Å². The minimum absolute atomic E-state index is 0.0247. The summed E-state index contributed by atoms with van der Waals surface area (Å²) in [6, 6.07) is 5.96. The summed E-state index contributed by atoms with van der Waals surface area (Å²) in [5.41, 5.74) is 2.79. The van der Waals surface area contributed by atoms with Crippen LogP contribution in [0.3, 0.4) is 0 Å². The molecule has 0 bridgehead atoms.